The molecule has 2 aromatic carbocycles. The van der Waals surface area contributed by atoms with E-state index in [0.717, 1.165) is 5.56 Å². The zero-order chi connectivity index (χ0) is 20.7. The van der Waals surface area contributed by atoms with Crippen LogP contribution in [0, 0.1) is 17.0 Å². The Bertz CT molecular complexity index is 907. The van der Waals surface area contributed by atoms with E-state index in [1.165, 1.54) is 32.2 Å². The van der Waals surface area contributed by atoms with Crippen molar-refractivity contribution in [3.8, 4) is 0 Å². The number of carbonyl (C=O) groups is 3. The Labute approximate surface area is 160 Å². The maximum absolute atomic E-state index is 12.1. The third kappa shape index (κ3) is 5.13. The molecular formula is C19H18N2O7. The zero-order valence-electron chi connectivity index (χ0n) is 15.3. The summed E-state index contributed by atoms with van der Waals surface area (Å²) >= 11 is 0. The number of para-hydroxylation sites is 1. The summed E-state index contributed by atoms with van der Waals surface area (Å²) in [5.74, 6) is -1.98. The van der Waals surface area contributed by atoms with Gasteiger partial charge in [-0.05, 0) is 30.7 Å². The second-order valence-electron chi connectivity index (χ2n) is 5.77. The van der Waals surface area contributed by atoms with Gasteiger partial charge in [-0.2, -0.15) is 0 Å². The minimum atomic E-state index is -0.951. The van der Waals surface area contributed by atoms with Crippen LogP contribution in [0.15, 0.2) is 42.5 Å². The average Bonchev–Trinajstić information content (AvgIpc) is 2.69. The summed E-state index contributed by atoms with van der Waals surface area (Å²) in [6.45, 7) is 1.08. The van der Waals surface area contributed by atoms with Gasteiger partial charge in [0.2, 0.25) is 0 Å². The Balaban J connectivity index is 1.89. The van der Waals surface area contributed by atoms with Crippen LogP contribution in [0.5, 0.6) is 0 Å². The molecule has 0 aliphatic heterocycles. The summed E-state index contributed by atoms with van der Waals surface area (Å²) in [5.41, 5.74) is 0.863. The second-order valence-corrected chi connectivity index (χ2v) is 5.77. The topological polar surface area (TPSA) is 125 Å². The van der Waals surface area contributed by atoms with E-state index in [0.29, 0.717) is 11.1 Å². The number of benzene rings is 2. The number of amides is 1. The number of aryl methyl sites for hydroxylation is 1. The molecule has 2 aromatic rings. The van der Waals surface area contributed by atoms with Crippen LogP contribution < -0.4 is 5.32 Å². The van der Waals surface area contributed by atoms with Gasteiger partial charge in [-0.15, -0.1) is 0 Å². The highest BCUT2D eigenvalue weighted by Crippen LogP contribution is 2.23. The van der Waals surface area contributed by atoms with Crippen molar-refractivity contribution < 1.29 is 28.8 Å². The summed E-state index contributed by atoms with van der Waals surface area (Å²) in [5, 5.41) is 13.7. The molecule has 0 saturated carbocycles. The number of nitrogens with one attached hydrogen (secondary N) is 1. The Kier molecular flexibility index (Phi) is 6.80. The molecule has 9 nitrogen and oxygen atoms in total. The van der Waals surface area contributed by atoms with Crippen molar-refractivity contribution >= 4 is 23.5 Å². The van der Waals surface area contributed by atoms with E-state index in [2.05, 4.69) is 10.1 Å². The number of esters is 2. The van der Waals surface area contributed by atoms with Gasteiger partial charge in [0.05, 0.1) is 17.6 Å². The summed E-state index contributed by atoms with van der Waals surface area (Å²) in [6.07, 6.45) is 0. The number of hydrogen-bond acceptors (Lipinski definition) is 7. The van der Waals surface area contributed by atoms with Crippen molar-refractivity contribution in [3.05, 3.63) is 74.8 Å². The van der Waals surface area contributed by atoms with Gasteiger partial charge in [0.15, 0.2) is 6.61 Å². The number of rotatable bonds is 7. The van der Waals surface area contributed by atoms with E-state index < -0.39 is 29.4 Å². The fourth-order valence-corrected chi connectivity index (χ4v) is 2.40. The van der Waals surface area contributed by atoms with Crippen LogP contribution in [-0.2, 0) is 20.8 Å². The Morgan fingerprint density at radius 1 is 1.07 bits per heavy atom. The van der Waals surface area contributed by atoms with Gasteiger partial charge in [0.1, 0.15) is 5.56 Å². The molecule has 0 unspecified atom stereocenters. The van der Waals surface area contributed by atoms with Gasteiger partial charge >= 0.3 is 11.9 Å². The predicted octanol–water partition coefficient (Wildman–Crippen LogP) is 2.16. The van der Waals surface area contributed by atoms with E-state index in [-0.39, 0.29) is 17.8 Å². The Hall–Kier alpha value is -3.75. The molecule has 0 fully saturated rings. The second kappa shape index (κ2) is 9.26. The molecular weight excluding hydrogens is 368 g/mol. The molecule has 0 aliphatic carbocycles. The van der Waals surface area contributed by atoms with Crippen molar-refractivity contribution in [3.63, 3.8) is 0 Å². The molecule has 0 atom stereocenters. The van der Waals surface area contributed by atoms with Gasteiger partial charge in [-0.25, -0.2) is 9.59 Å². The summed E-state index contributed by atoms with van der Waals surface area (Å²) in [6, 6.07) is 10.7. The lowest BCUT2D eigenvalue weighted by Crippen LogP contribution is -2.28. The number of ether oxygens (including phenoxy) is 2. The normalized spacial score (nSPS) is 10.1. The summed E-state index contributed by atoms with van der Waals surface area (Å²) in [4.78, 5) is 45.8. The molecule has 0 aliphatic rings. The van der Waals surface area contributed by atoms with Gasteiger partial charge in [-0.1, -0.05) is 24.3 Å². The van der Waals surface area contributed by atoms with E-state index in [1.807, 2.05) is 0 Å². The van der Waals surface area contributed by atoms with Crippen molar-refractivity contribution in [1.29, 1.82) is 0 Å². The molecule has 0 bridgehead atoms. The number of nitro benzene ring substituents is 1. The highest BCUT2D eigenvalue weighted by atomic mass is 16.6. The first-order valence-electron chi connectivity index (χ1n) is 8.18. The molecule has 0 heterocycles. The van der Waals surface area contributed by atoms with Crippen LogP contribution in [0.3, 0.4) is 0 Å². The highest BCUT2D eigenvalue weighted by molar-refractivity contribution is 5.95. The standard InChI is InChI=1S/C19H18N2O7/c1-12-4-3-5-15(17(12)21(25)26)19(24)28-11-16(22)20-10-13-6-8-14(9-7-13)18(23)27-2/h3-9H,10-11H2,1-2H3,(H,20,22). The predicted molar refractivity (Wildman–Crippen MR) is 97.7 cm³/mol. The molecule has 1 N–H and O–H groups in total. The largest absolute Gasteiger partial charge is 0.465 e. The molecule has 2 rings (SSSR count). The minimum Gasteiger partial charge on any atom is -0.465 e. The molecule has 0 radical (unpaired) electrons. The Morgan fingerprint density at radius 3 is 2.36 bits per heavy atom. The smallest absolute Gasteiger partial charge is 0.345 e. The quantitative estimate of drug-likeness (QED) is 0.439. The number of carbonyl (C=O) groups excluding carboxylic acids is 3. The van der Waals surface area contributed by atoms with Gasteiger partial charge in [0.25, 0.3) is 11.6 Å². The van der Waals surface area contributed by atoms with E-state index >= 15 is 0 Å². The minimum absolute atomic E-state index is 0.155. The van der Waals surface area contributed by atoms with Crippen molar-refractivity contribution in [2.45, 2.75) is 13.5 Å². The van der Waals surface area contributed by atoms with Crippen LogP contribution >= 0.6 is 0 Å². The first kappa shape index (κ1) is 20.6. The van der Waals surface area contributed by atoms with E-state index in [9.17, 15) is 24.5 Å². The molecule has 1 amide bonds. The molecule has 0 aromatic heterocycles. The van der Waals surface area contributed by atoms with Crippen molar-refractivity contribution in [2.75, 3.05) is 13.7 Å². The van der Waals surface area contributed by atoms with Gasteiger partial charge < -0.3 is 14.8 Å². The van der Waals surface area contributed by atoms with Gasteiger partial charge in [0, 0.05) is 12.1 Å². The number of methoxy groups -OCH3 is 1. The maximum atomic E-state index is 12.1. The first-order chi connectivity index (χ1) is 13.3. The third-order valence-electron chi connectivity index (χ3n) is 3.84. The third-order valence-corrected chi connectivity index (χ3v) is 3.84. The fraction of sp³-hybridized carbons (Fsp3) is 0.211. The molecule has 146 valence electrons. The summed E-state index contributed by atoms with van der Waals surface area (Å²) < 4.78 is 9.47. The molecule has 0 saturated heterocycles. The van der Waals surface area contributed by atoms with Crippen LogP contribution in [0.4, 0.5) is 5.69 Å². The van der Waals surface area contributed by atoms with Crippen LogP contribution in [0.25, 0.3) is 0 Å². The SMILES string of the molecule is COC(=O)c1ccc(CNC(=O)COC(=O)c2cccc(C)c2[N+](=O)[O-])cc1. The van der Waals surface area contributed by atoms with Crippen molar-refractivity contribution in [1.82, 2.24) is 5.32 Å². The highest BCUT2D eigenvalue weighted by Gasteiger charge is 2.24. The lowest BCUT2D eigenvalue weighted by atomic mass is 10.1. The lowest BCUT2D eigenvalue weighted by molar-refractivity contribution is -0.385. The lowest BCUT2D eigenvalue weighted by Gasteiger charge is -2.08. The van der Waals surface area contributed by atoms with Gasteiger partial charge in [-0.3, -0.25) is 14.9 Å². The molecule has 28 heavy (non-hydrogen) atoms. The van der Waals surface area contributed by atoms with Crippen LogP contribution in [0.1, 0.15) is 31.8 Å². The van der Waals surface area contributed by atoms with Crippen LogP contribution in [-0.4, -0.2) is 36.5 Å². The number of nitrogens with zero attached hydrogens (tertiary/aromatic N) is 1. The number of nitro groups is 1. The fourth-order valence-electron chi connectivity index (χ4n) is 2.40. The maximum Gasteiger partial charge on any atom is 0.345 e. The zero-order valence-corrected chi connectivity index (χ0v) is 15.3. The summed E-state index contributed by atoms with van der Waals surface area (Å²) in [7, 11) is 1.28. The van der Waals surface area contributed by atoms with Crippen LogP contribution in [0.2, 0.25) is 0 Å². The van der Waals surface area contributed by atoms with E-state index in [4.69, 9.17) is 4.74 Å². The average molecular weight is 386 g/mol. The van der Waals surface area contributed by atoms with E-state index in [1.54, 1.807) is 24.3 Å². The Morgan fingerprint density at radius 2 is 1.75 bits per heavy atom. The number of hydrogen-bond donors (Lipinski definition) is 1. The monoisotopic (exact) mass is 386 g/mol. The van der Waals surface area contributed by atoms with Crippen molar-refractivity contribution in [2.24, 2.45) is 0 Å². The molecule has 9 heteroatoms. The molecule has 0 spiro atoms. The first-order valence-corrected chi connectivity index (χ1v) is 8.18.